The van der Waals surface area contributed by atoms with Crippen molar-refractivity contribution in [2.75, 3.05) is 19.0 Å². The molecule has 0 radical (unpaired) electrons. The number of rotatable bonds is 2. The van der Waals surface area contributed by atoms with Crippen LogP contribution in [-0.2, 0) is 21.1 Å². The van der Waals surface area contributed by atoms with Crippen LogP contribution in [0.25, 0.3) is 5.69 Å². The van der Waals surface area contributed by atoms with Crippen LogP contribution in [-0.4, -0.2) is 23.9 Å². The van der Waals surface area contributed by atoms with Gasteiger partial charge in [-0.3, -0.25) is 4.68 Å². The number of aromatic nitrogens is 2. The molecule has 0 spiro atoms. The van der Waals surface area contributed by atoms with Gasteiger partial charge >= 0.3 is 0 Å². The second-order valence-corrected chi connectivity index (χ2v) is 3.28. The van der Waals surface area contributed by atoms with E-state index in [1.165, 1.54) is 0 Å². The van der Waals surface area contributed by atoms with Gasteiger partial charge in [0.15, 0.2) is 0 Å². The maximum atomic E-state index is 4.15. The molecule has 0 aliphatic carbocycles. The number of hydrogen-bond donors (Lipinski definition) is 0. The fourth-order valence-electron chi connectivity index (χ4n) is 1.26. The molecule has 2 aromatic rings. The number of benzene rings is 1. The SMILES string of the molecule is CN(C)c1cc[c-]c(-n2cccn2)c1.[Pt]. The Labute approximate surface area is 104 Å². The third-order valence-electron chi connectivity index (χ3n) is 2.04. The summed E-state index contributed by atoms with van der Waals surface area (Å²) in [7, 11) is 4.03. The molecule has 4 heteroatoms. The third-order valence-corrected chi connectivity index (χ3v) is 2.04. The van der Waals surface area contributed by atoms with Gasteiger partial charge < -0.3 is 4.90 Å². The van der Waals surface area contributed by atoms with Gasteiger partial charge in [0.2, 0.25) is 0 Å². The van der Waals surface area contributed by atoms with Crippen LogP contribution in [0.1, 0.15) is 0 Å². The van der Waals surface area contributed by atoms with E-state index in [0.29, 0.717) is 0 Å². The van der Waals surface area contributed by atoms with Gasteiger partial charge in [-0.2, -0.15) is 17.2 Å². The van der Waals surface area contributed by atoms with Crippen molar-refractivity contribution in [1.82, 2.24) is 9.78 Å². The normalized spacial score (nSPS) is 9.47. The molecular weight excluding hydrogens is 369 g/mol. The molecule has 0 unspecified atom stereocenters. The minimum Gasteiger partial charge on any atom is -0.399 e. The zero-order chi connectivity index (χ0) is 9.97. The molecule has 1 heterocycles. The zero-order valence-corrected chi connectivity index (χ0v) is 10.9. The predicted octanol–water partition coefficient (Wildman–Crippen LogP) is 1.74. The van der Waals surface area contributed by atoms with E-state index in [9.17, 15) is 0 Å². The second kappa shape index (κ2) is 5.13. The van der Waals surface area contributed by atoms with Crippen molar-refractivity contribution in [2.24, 2.45) is 0 Å². The average Bonchev–Trinajstić information content (AvgIpc) is 2.71. The van der Waals surface area contributed by atoms with Crippen molar-refractivity contribution < 1.29 is 21.1 Å². The minimum atomic E-state index is 0. The topological polar surface area (TPSA) is 21.1 Å². The quantitative estimate of drug-likeness (QED) is 0.739. The molecule has 15 heavy (non-hydrogen) atoms. The Hall–Kier alpha value is -1.08. The van der Waals surface area contributed by atoms with Gasteiger partial charge in [0.1, 0.15) is 0 Å². The van der Waals surface area contributed by atoms with Crippen LogP contribution in [0, 0.1) is 6.07 Å². The molecule has 0 saturated carbocycles. The molecular formula is C11H12N3Pt-. The van der Waals surface area contributed by atoms with Crippen LogP contribution in [0.15, 0.2) is 36.7 Å². The monoisotopic (exact) mass is 381 g/mol. The molecule has 0 N–H and O–H groups in total. The number of nitrogens with zero attached hydrogens (tertiary/aromatic N) is 3. The van der Waals surface area contributed by atoms with Crippen molar-refractivity contribution >= 4 is 5.69 Å². The molecule has 0 saturated heterocycles. The molecule has 0 bridgehead atoms. The maximum absolute atomic E-state index is 4.15. The largest absolute Gasteiger partial charge is 0.399 e. The molecule has 3 nitrogen and oxygen atoms in total. The first-order chi connectivity index (χ1) is 6.77. The second-order valence-electron chi connectivity index (χ2n) is 3.28. The van der Waals surface area contributed by atoms with Gasteiger partial charge in [0.05, 0.1) is 0 Å². The molecule has 2 rings (SSSR count). The average molecular weight is 381 g/mol. The molecule has 1 aromatic carbocycles. The van der Waals surface area contributed by atoms with Crippen LogP contribution >= 0.6 is 0 Å². The molecule has 0 fully saturated rings. The first kappa shape index (κ1) is 12.0. The smallest absolute Gasteiger partial charge is 0.0493 e. The molecule has 0 atom stereocenters. The molecule has 0 aliphatic heterocycles. The van der Waals surface area contributed by atoms with Gasteiger partial charge in [-0.25, -0.2) is 0 Å². The van der Waals surface area contributed by atoms with E-state index < -0.39 is 0 Å². The van der Waals surface area contributed by atoms with Crippen LogP contribution in [0.5, 0.6) is 0 Å². The van der Waals surface area contributed by atoms with Crippen molar-refractivity contribution in [2.45, 2.75) is 0 Å². The van der Waals surface area contributed by atoms with Gasteiger partial charge in [-0.1, -0.05) is 5.69 Å². The maximum Gasteiger partial charge on any atom is 0.0493 e. The number of hydrogen-bond acceptors (Lipinski definition) is 2. The summed E-state index contributed by atoms with van der Waals surface area (Å²) in [5.74, 6) is 0. The van der Waals surface area contributed by atoms with Gasteiger partial charge in [-0.15, -0.1) is 12.1 Å². The summed E-state index contributed by atoms with van der Waals surface area (Å²) >= 11 is 0. The van der Waals surface area contributed by atoms with E-state index in [4.69, 9.17) is 0 Å². The van der Waals surface area contributed by atoms with E-state index in [2.05, 4.69) is 16.1 Å². The first-order valence-corrected chi connectivity index (χ1v) is 4.46. The Bertz CT molecular complexity index is 410. The fraction of sp³-hybridized carbons (Fsp3) is 0.182. The van der Waals surface area contributed by atoms with Crippen molar-refractivity contribution in [3.63, 3.8) is 0 Å². The fourth-order valence-corrected chi connectivity index (χ4v) is 1.26. The summed E-state index contributed by atoms with van der Waals surface area (Å²) in [4.78, 5) is 2.06. The summed E-state index contributed by atoms with van der Waals surface area (Å²) in [6.45, 7) is 0. The standard InChI is InChI=1S/C11H12N3.Pt/c1-13(2)10-5-3-6-11(9-10)14-8-4-7-12-14;/h3-5,7-9H,1-2H3;/q-1;. The number of anilines is 1. The van der Waals surface area contributed by atoms with Crippen molar-refractivity contribution in [1.29, 1.82) is 0 Å². The summed E-state index contributed by atoms with van der Waals surface area (Å²) < 4.78 is 1.80. The summed E-state index contributed by atoms with van der Waals surface area (Å²) in [6.07, 6.45) is 3.67. The zero-order valence-electron chi connectivity index (χ0n) is 8.62. The van der Waals surface area contributed by atoms with Gasteiger partial charge in [-0.05, 0) is 11.8 Å². The Morgan fingerprint density at radius 2 is 2.20 bits per heavy atom. The molecule has 0 amide bonds. The predicted molar refractivity (Wildman–Crippen MR) is 56.7 cm³/mol. The molecule has 82 valence electrons. The summed E-state index contributed by atoms with van der Waals surface area (Å²) in [5, 5.41) is 4.15. The van der Waals surface area contributed by atoms with Crippen LogP contribution in [0.4, 0.5) is 5.69 Å². The Balaban J connectivity index is 0.00000112. The van der Waals surface area contributed by atoms with Gasteiger partial charge in [0, 0.05) is 47.6 Å². The van der Waals surface area contributed by atoms with E-state index in [1.807, 2.05) is 44.6 Å². The Kier molecular flexibility index (Phi) is 4.10. The van der Waals surface area contributed by atoms with Crippen molar-refractivity contribution in [3.8, 4) is 5.69 Å². The Morgan fingerprint density at radius 1 is 1.40 bits per heavy atom. The van der Waals surface area contributed by atoms with E-state index in [1.54, 1.807) is 10.9 Å². The van der Waals surface area contributed by atoms with E-state index in [0.717, 1.165) is 11.4 Å². The van der Waals surface area contributed by atoms with E-state index in [-0.39, 0.29) is 21.1 Å². The molecule has 1 aromatic heterocycles. The van der Waals surface area contributed by atoms with Crippen LogP contribution in [0.2, 0.25) is 0 Å². The van der Waals surface area contributed by atoms with Gasteiger partial charge in [0.25, 0.3) is 0 Å². The van der Waals surface area contributed by atoms with E-state index >= 15 is 0 Å². The molecule has 0 aliphatic rings. The summed E-state index contributed by atoms with van der Waals surface area (Å²) in [6, 6.07) is 11.0. The Morgan fingerprint density at radius 3 is 2.80 bits per heavy atom. The van der Waals surface area contributed by atoms with Crippen LogP contribution < -0.4 is 4.90 Å². The third kappa shape index (κ3) is 2.69. The summed E-state index contributed by atoms with van der Waals surface area (Å²) in [5.41, 5.74) is 2.11. The minimum absolute atomic E-state index is 0. The van der Waals surface area contributed by atoms with Crippen LogP contribution in [0.3, 0.4) is 0 Å². The van der Waals surface area contributed by atoms with Crippen molar-refractivity contribution in [3.05, 3.63) is 42.7 Å². The first-order valence-electron chi connectivity index (χ1n) is 4.46.